The third kappa shape index (κ3) is 3.70. The molecule has 0 aliphatic heterocycles. The molecule has 0 saturated carbocycles. The van der Waals surface area contributed by atoms with Gasteiger partial charge < -0.3 is 4.42 Å². The first-order chi connectivity index (χ1) is 14.7. The van der Waals surface area contributed by atoms with Crippen molar-refractivity contribution in [2.45, 2.75) is 13.0 Å². The normalized spacial score (nSPS) is 11.2. The molecule has 0 atom stereocenters. The van der Waals surface area contributed by atoms with Gasteiger partial charge in [0.15, 0.2) is 5.13 Å². The molecule has 6 heteroatoms. The van der Waals surface area contributed by atoms with Crippen molar-refractivity contribution < 1.29 is 9.21 Å². The standard InChI is InChI=1S/C24H17ClN2O2S/c25-20-8-3-9-21-23(20)26-24(30-21)27(15-19-7-4-12-29-19)22(28)14-16-10-11-17-5-1-2-6-18(17)13-16/h1-13H,14-15H2. The number of anilines is 1. The zero-order valence-electron chi connectivity index (χ0n) is 15.9. The predicted octanol–water partition coefficient (Wildman–Crippen LogP) is 6.47. The van der Waals surface area contributed by atoms with Gasteiger partial charge in [0, 0.05) is 0 Å². The fourth-order valence-corrected chi connectivity index (χ4v) is 4.74. The summed E-state index contributed by atoms with van der Waals surface area (Å²) in [5.41, 5.74) is 1.67. The van der Waals surface area contributed by atoms with Crippen LogP contribution >= 0.6 is 22.9 Å². The molecular formula is C24H17ClN2O2S. The second-order valence-electron chi connectivity index (χ2n) is 7.00. The molecule has 0 radical (unpaired) electrons. The van der Waals surface area contributed by atoms with Crippen molar-refractivity contribution in [2.75, 3.05) is 4.90 Å². The van der Waals surface area contributed by atoms with Gasteiger partial charge in [0.2, 0.25) is 5.91 Å². The van der Waals surface area contributed by atoms with Gasteiger partial charge in [-0.15, -0.1) is 0 Å². The first kappa shape index (κ1) is 18.9. The van der Waals surface area contributed by atoms with Crippen molar-refractivity contribution >= 4 is 55.0 Å². The Morgan fingerprint density at radius 3 is 2.67 bits per heavy atom. The molecule has 1 amide bonds. The van der Waals surface area contributed by atoms with E-state index in [0.29, 0.717) is 28.0 Å². The van der Waals surface area contributed by atoms with Crippen molar-refractivity contribution in [3.63, 3.8) is 0 Å². The maximum atomic E-state index is 13.4. The predicted molar refractivity (Wildman–Crippen MR) is 122 cm³/mol. The molecule has 148 valence electrons. The fraction of sp³-hybridized carbons (Fsp3) is 0.0833. The van der Waals surface area contributed by atoms with Gasteiger partial charge in [0.25, 0.3) is 0 Å². The number of furan rings is 1. The van der Waals surface area contributed by atoms with Gasteiger partial charge in [0.1, 0.15) is 11.3 Å². The molecule has 3 aromatic carbocycles. The molecule has 0 spiro atoms. The fourth-order valence-electron chi connectivity index (χ4n) is 3.46. The van der Waals surface area contributed by atoms with Crippen molar-refractivity contribution in [2.24, 2.45) is 0 Å². The average Bonchev–Trinajstić information content (AvgIpc) is 3.42. The van der Waals surface area contributed by atoms with Gasteiger partial charge in [-0.2, -0.15) is 0 Å². The lowest BCUT2D eigenvalue weighted by Gasteiger charge is -2.19. The van der Waals surface area contributed by atoms with Crippen LogP contribution in [0.25, 0.3) is 21.0 Å². The van der Waals surface area contributed by atoms with Crippen molar-refractivity contribution in [1.82, 2.24) is 4.98 Å². The Morgan fingerprint density at radius 2 is 1.87 bits per heavy atom. The molecule has 0 unspecified atom stereocenters. The SMILES string of the molecule is O=C(Cc1ccc2ccccc2c1)N(Cc1ccco1)c1nc2c(Cl)cccc2s1. The van der Waals surface area contributed by atoms with Crippen LogP contribution in [0.3, 0.4) is 0 Å². The topological polar surface area (TPSA) is 46.3 Å². The highest BCUT2D eigenvalue weighted by Gasteiger charge is 2.22. The molecule has 2 aromatic heterocycles. The molecule has 4 nitrogen and oxygen atoms in total. The molecule has 0 N–H and O–H groups in total. The monoisotopic (exact) mass is 432 g/mol. The van der Waals surface area contributed by atoms with E-state index >= 15 is 0 Å². The van der Waals surface area contributed by atoms with E-state index < -0.39 is 0 Å². The summed E-state index contributed by atoms with van der Waals surface area (Å²) in [5, 5.41) is 3.46. The first-order valence-corrected chi connectivity index (χ1v) is 10.7. The lowest BCUT2D eigenvalue weighted by Crippen LogP contribution is -2.31. The van der Waals surface area contributed by atoms with Gasteiger partial charge in [0.05, 0.1) is 29.0 Å². The highest BCUT2D eigenvalue weighted by atomic mass is 35.5. The Morgan fingerprint density at radius 1 is 1.00 bits per heavy atom. The molecule has 0 aliphatic carbocycles. The van der Waals surface area contributed by atoms with Gasteiger partial charge in [-0.1, -0.05) is 71.5 Å². The molecule has 2 heterocycles. The van der Waals surface area contributed by atoms with E-state index in [1.165, 1.54) is 11.3 Å². The molecule has 0 fully saturated rings. The number of aromatic nitrogens is 1. The zero-order chi connectivity index (χ0) is 20.5. The smallest absolute Gasteiger partial charge is 0.233 e. The van der Waals surface area contributed by atoms with Crippen molar-refractivity contribution in [3.05, 3.63) is 95.4 Å². The molecule has 0 aliphatic rings. The number of hydrogen-bond acceptors (Lipinski definition) is 4. The summed E-state index contributed by atoms with van der Waals surface area (Å²) in [4.78, 5) is 19.7. The maximum absolute atomic E-state index is 13.4. The Bertz CT molecular complexity index is 1340. The number of carbonyl (C=O) groups is 1. The van der Waals surface area contributed by atoms with Crippen LogP contribution in [0.1, 0.15) is 11.3 Å². The van der Waals surface area contributed by atoms with Crippen LogP contribution < -0.4 is 4.90 Å². The Labute approximate surface area is 182 Å². The Kier molecular flexibility index (Phi) is 4.99. The Hall–Kier alpha value is -3.15. The maximum Gasteiger partial charge on any atom is 0.233 e. The summed E-state index contributed by atoms with van der Waals surface area (Å²) in [6, 6.07) is 23.6. The van der Waals surface area contributed by atoms with E-state index in [-0.39, 0.29) is 12.3 Å². The minimum Gasteiger partial charge on any atom is -0.467 e. The number of nitrogens with zero attached hydrogens (tertiary/aromatic N) is 2. The summed E-state index contributed by atoms with van der Waals surface area (Å²) in [7, 11) is 0. The zero-order valence-corrected chi connectivity index (χ0v) is 17.5. The van der Waals surface area contributed by atoms with Crippen LogP contribution in [-0.2, 0) is 17.8 Å². The van der Waals surface area contributed by atoms with Gasteiger partial charge in [-0.3, -0.25) is 9.69 Å². The largest absolute Gasteiger partial charge is 0.467 e. The number of para-hydroxylation sites is 1. The van der Waals surface area contributed by atoms with Crippen molar-refractivity contribution in [3.8, 4) is 0 Å². The van der Waals surface area contributed by atoms with Gasteiger partial charge >= 0.3 is 0 Å². The quantitative estimate of drug-likeness (QED) is 0.319. The van der Waals surface area contributed by atoms with E-state index in [4.69, 9.17) is 16.0 Å². The first-order valence-electron chi connectivity index (χ1n) is 9.53. The lowest BCUT2D eigenvalue weighted by atomic mass is 10.0. The average molecular weight is 433 g/mol. The second kappa shape index (κ2) is 7.94. The summed E-state index contributed by atoms with van der Waals surface area (Å²) in [5.74, 6) is 0.657. The number of benzene rings is 3. The van der Waals surface area contributed by atoms with Gasteiger partial charge in [-0.25, -0.2) is 4.98 Å². The van der Waals surface area contributed by atoms with Crippen molar-refractivity contribution in [1.29, 1.82) is 0 Å². The van der Waals surface area contributed by atoms with E-state index in [0.717, 1.165) is 21.0 Å². The number of amides is 1. The van der Waals surface area contributed by atoms with E-state index in [1.807, 2.05) is 48.5 Å². The van der Waals surface area contributed by atoms with E-state index in [2.05, 4.69) is 23.2 Å². The summed E-state index contributed by atoms with van der Waals surface area (Å²) in [6.07, 6.45) is 1.88. The minimum absolute atomic E-state index is 0.0446. The number of halogens is 1. The van der Waals surface area contributed by atoms with E-state index in [9.17, 15) is 4.79 Å². The molecule has 0 bridgehead atoms. The summed E-state index contributed by atoms with van der Waals surface area (Å²) < 4.78 is 6.44. The number of fused-ring (bicyclic) bond motifs is 2. The van der Waals surface area contributed by atoms with Crippen LogP contribution in [0.4, 0.5) is 5.13 Å². The van der Waals surface area contributed by atoms with Crippen LogP contribution in [0.5, 0.6) is 0 Å². The van der Waals surface area contributed by atoms with E-state index in [1.54, 1.807) is 17.2 Å². The lowest BCUT2D eigenvalue weighted by molar-refractivity contribution is -0.118. The third-order valence-corrected chi connectivity index (χ3v) is 6.30. The highest BCUT2D eigenvalue weighted by molar-refractivity contribution is 7.22. The van der Waals surface area contributed by atoms with Crippen LogP contribution in [-0.4, -0.2) is 10.9 Å². The third-order valence-electron chi connectivity index (χ3n) is 4.95. The molecule has 5 rings (SSSR count). The van der Waals surface area contributed by atoms with Crippen LogP contribution in [0.2, 0.25) is 5.02 Å². The van der Waals surface area contributed by atoms with Crippen LogP contribution in [0, 0.1) is 0 Å². The number of hydrogen-bond donors (Lipinski definition) is 0. The molecular weight excluding hydrogens is 416 g/mol. The van der Waals surface area contributed by atoms with Crippen LogP contribution in [0.15, 0.2) is 83.5 Å². The number of carbonyl (C=O) groups excluding carboxylic acids is 1. The molecule has 5 aromatic rings. The summed E-state index contributed by atoms with van der Waals surface area (Å²) in [6.45, 7) is 0.316. The number of rotatable bonds is 5. The second-order valence-corrected chi connectivity index (χ2v) is 8.42. The Balaban J connectivity index is 1.49. The molecule has 0 saturated heterocycles. The van der Waals surface area contributed by atoms with Gasteiger partial charge in [-0.05, 0) is 40.6 Å². The number of thiazole rings is 1. The minimum atomic E-state index is -0.0446. The molecule has 30 heavy (non-hydrogen) atoms. The summed E-state index contributed by atoms with van der Waals surface area (Å²) >= 11 is 7.76. The highest BCUT2D eigenvalue weighted by Crippen LogP contribution is 2.34.